The fraction of sp³-hybridized carbons (Fsp3) is 0.370. The van der Waals surface area contributed by atoms with Gasteiger partial charge in [0, 0.05) is 49.9 Å². The fourth-order valence-electron chi connectivity index (χ4n) is 4.97. The maximum atomic E-state index is 12.8. The molecule has 1 fully saturated rings. The van der Waals surface area contributed by atoms with Crippen molar-refractivity contribution in [3.05, 3.63) is 65.1 Å². The minimum Gasteiger partial charge on any atom is -0.461 e. The first-order chi connectivity index (χ1) is 16.9. The molecule has 0 saturated carbocycles. The first-order valence-corrected chi connectivity index (χ1v) is 12.0. The van der Waals surface area contributed by atoms with E-state index in [2.05, 4.69) is 10.3 Å². The number of β-amino-alcohol motifs (C(OH)–C–C–N with tert-alkyl or cyclic N) is 1. The van der Waals surface area contributed by atoms with Crippen molar-refractivity contribution in [2.24, 2.45) is 0 Å². The number of hydrogen-bond acceptors (Lipinski definition) is 6. The summed E-state index contributed by atoms with van der Waals surface area (Å²) in [6.45, 7) is 3.62. The summed E-state index contributed by atoms with van der Waals surface area (Å²) in [7, 11) is 1.77. The number of carbonyl (C=O) groups excluding carboxylic acids is 2. The van der Waals surface area contributed by atoms with Crippen molar-refractivity contribution in [3.63, 3.8) is 0 Å². The van der Waals surface area contributed by atoms with E-state index in [1.54, 1.807) is 30.3 Å². The maximum absolute atomic E-state index is 12.8. The number of furan rings is 1. The third-order valence-corrected chi connectivity index (χ3v) is 6.94. The highest BCUT2D eigenvalue weighted by molar-refractivity contribution is 5.96. The number of fused-ring (bicyclic) bond motifs is 2. The number of nitrogens with one attached hydrogen (secondary N) is 1. The van der Waals surface area contributed by atoms with Crippen molar-refractivity contribution < 1.29 is 19.1 Å². The van der Waals surface area contributed by atoms with E-state index >= 15 is 0 Å². The number of amides is 2. The number of anilines is 1. The van der Waals surface area contributed by atoms with E-state index in [0.717, 1.165) is 40.0 Å². The van der Waals surface area contributed by atoms with Gasteiger partial charge in [0.2, 0.25) is 11.8 Å². The summed E-state index contributed by atoms with van der Waals surface area (Å²) < 4.78 is 5.82. The third kappa shape index (κ3) is 4.85. The Bertz CT molecular complexity index is 1300. The topological polar surface area (TPSA) is 98.9 Å². The number of aliphatic hydroxyl groups excluding tert-OH is 1. The Morgan fingerprint density at radius 1 is 1.34 bits per heavy atom. The largest absolute Gasteiger partial charge is 0.461 e. The number of aryl methyl sites for hydroxylation is 2. The maximum Gasteiger partial charge on any atom is 0.246 e. The molecule has 2 aliphatic heterocycles. The molecule has 8 nitrogen and oxygen atoms in total. The molecule has 0 aliphatic carbocycles. The van der Waals surface area contributed by atoms with E-state index < -0.39 is 0 Å². The van der Waals surface area contributed by atoms with Crippen molar-refractivity contribution in [2.75, 3.05) is 25.5 Å². The molecule has 0 spiro atoms. The lowest BCUT2D eigenvalue weighted by Crippen LogP contribution is -2.42. The Labute approximate surface area is 204 Å². The van der Waals surface area contributed by atoms with Gasteiger partial charge in [-0.2, -0.15) is 0 Å². The molecule has 8 heteroatoms. The molecule has 2 aliphatic rings. The summed E-state index contributed by atoms with van der Waals surface area (Å²) >= 11 is 0. The number of carbonyl (C=O) groups is 2. The smallest absolute Gasteiger partial charge is 0.246 e. The van der Waals surface area contributed by atoms with Gasteiger partial charge >= 0.3 is 0 Å². The Morgan fingerprint density at radius 3 is 2.97 bits per heavy atom. The monoisotopic (exact) mass is 474 g/mol. The molecular formula is C27H30N4O4. The van der Waals surface area contributed by atoms with Crippen LogP contribution in [0.4, 0.5) is 5.82 Å². The van der Waals surface area contributed by atoms with Gasteiger partial charge in [-0.25, -0.2) is 4.98 Å². The number of hydrogen-bond donors (Lipinski definition) is 2. The van der Waals surface area contributed by atoms with Crippen LogP contribution >= 0.6 is 0 Å². The van der Waals surface area contributed by atoms with E-state index in [0.29, 0.717) is 38.2 Å². The van der Waals surface area contributed by atoms with E-state index in [9.17, 15) is 14.7 Å². The number of likely N-dealkylation sites (tertiary alicyclic amines) is 1. The highest BCUT2D eigenvalue weighted by Crippen LogP contribution is 2.27. The normalized spacial score (nSPS) is 20.7. The van der Waals surface area contributed by atoms with Gasteiger partial charge in [-0.05, 0) is 55.5 Å². The van der Waals surface area contributed by atoms with Crippen LogP contribution in [0.1, 0.15) is 35.3 Å². The van der Waals surface area contributed by atoms with E-state index in [1.165, 1.54) is 0 Å². The molecule has 5 rings (SSSR count). The summed E-state index contributed by atoms with van der Waals surface area (Å²) in [4.78, 5) is 33.7. The number of benzene rings is 1. The van der Waals surface area contributed by atoms with Crippen LogP contribution in [-0.2, 0) is 22.6 Å². The molecule has 2 atom stereocenters. The van der Waals surface area contributed by atoms with Crippen LogP contribution in [0.15, 0.2) is 47.0 Å². The zero-order valence-corrected chi connectivity index (χ0v) is 20.0. The second kappa shape index (κ2) is 9.64. The van der Waals surface area contributed by atoms with Crippen LogP contribution in [0.2, 0.25) is 0 Å². The first-order valence-electron chi connectivity index (χ1n) is 12.0. The zero-order valence-electron chi connectivity index (χ0n) is 20.0. The van der Waals surface area contributed by atoms with Crippen molar-refractivity contribution >= 4 is 34.7 Å². The predicted molar refractivity (Wildman–Crippen MR) is 134 cm³/mol. The van der Waals surface area contributed by atoms with Crippen LogP contribution in [0.5, 0.6) is 0 Å². The SMILES string of the molecule is Cc1oc2ccccc2c1CN(C)C(=O)/C=C/c1cnc2c(c1)CC[C@H](N1CC[C@H](O)C1)C(=O)N2. The molecule has 3 aromatic rings. The standard InChI is InChI=1S/C27H30N4O4/c1-17-22(21-5-3-4-6-24(21)35-17)16-30(2)25(33)10-7-18-13-19-8-9-23(31-12-11-20(32)15-31)27(34)29-26(19)28-14-18/h3-7,10,13-14,20,23,32H,8-9,11-12,15-16H2,1-2H3,(H,28,29,34)/b10-7+/t20-,23-/m0/s1. The fourth-order valence-corrected chi connectivity index (χ4v) is 4.97. The lowest BCUT2D eigenvalue weighted by Gasteiger charge is -2.24. The lowest BCUT2D eigenvalue weighted by atomic mass is 10.0. The Hall–Kier alpha value is -3.49. The number of likely N-dealkylation sites (N-methyl/N-ethyl adjacent to an activating group) is 1. The second-order valence-electron chi connectivity index (χ2n) is 9.42. The summed E-state index contributed by atoms with van der Waals surface area (Å²) in [6.07, 6.45) is 6.66. The highest BCUT2D eigenvalue weighted by atomic mass is 16.3. The van der Waals surface area contributed by atoms with Gasteiger partial charge in [0.05, 0.1) is 12.1 Å². The summed E-state index contributed by atoms with van der Waals surface area (Å²) in [5, 5.41) is 13.8. The van der Waals surface area contributed by atoms with Crippen LogP contribution in [0.25, 0.3) is 17.0 Å². The Morgan fingerprint density at radius 2 is 2.17 bits per heavy atom. The average molecular weight is 475 g/mol. The number of rotatable bonds is 5. The molecule has 2 N–H and O–H groups in total. The molecule has 2 amide bonds. The molecule has 35 heavy (non-hydrogen) atoms. The van der Waals surface area contributed by atoms with E-state index in [4.69, 9.17) is 4.42 Å². The van der Waals surface area contributed by atoms with Gasteiger partial charge in [-0.15, -0.1) is 0 Å². The van der Waals surface area contributed by atoms with Gasteiger partial charge < -0.3 is 19.7 Å². The van der Waals surface area contributed by atoms with Crippen LogP contribution in [0.3, 0.4) is 0 Å². The van der Waals surface area contributed by atoms with Crippen molar-refractivity contribution in [1.29, 1.82) is 0 Å². The molecule has 0 bridgehead atoms. The van der Waals surface area contributed by atoms with E-state index in [1.807, 2.05) is 42.2 Å². The lowest BCUT2D eigenvalue weighted by molar-refractivity contribution is -0.125. The number of aromatic nitrogens is 1. The zero-order chi connectivity index (χ0) is 24.5. The molecule has 0 radical (unpaired) electrons. The minimum absolute atomic E-state index is 0.0764. The number of aliphatic hydroxyl groups is 1. The van der Waals surface area contributed by atoms with Crippen LogP contribution < -0.4 is 5.32 Å². The molecular weight excluding hydrogens is 444 g/mol. The minimum atomic E-state index is -0.366. The number of nitrogens with zero attached hydrogens (tertiary/aromatic N) is 3. The molecule has 2 aromatic heterocycles. The quantitative estimate of drug-likeness (QED) is 0.552. The van der Waals surface area contributed by atoms with E-state index in [-0.39, 0.29) is 24.0 Å². The van der Waals surface area contributed by atoms with Gasteiger partial charge in [-0.1, -0.05) is 18.2 Å². The van der Waals surface area contributed by atoms with Crippen molar-refractivity contribution in [3.8, 4) is 0 Å². The average Bonchev–Trinajstić information content (AvgIpc) is 3.36. The second-order valence-corrected chi connectivity index (χ2v) is 9.42. The molecule has 1 aromatic carbocycles. The Kier molecular flexibility index (Phi) is 6.40. The summed E-state index contributed by atoms with van der Waals surface area (Å²) in [6, 6.07) is 9.54. The summed E-state index contributed by atoms with van der Waals surface area (Å²) in [5.41, 5.74) is 3.58. The highest BCUT2D eigenvalue weighted by Gasteiger charge is 2.33. The molecule has 4 heterocycles. The summed E-state index contributed by atoms with van der Waals surface area (Å²) in [5.74, 6) is 1.19. The molecule has 0 unspecified atom stereocenters. The van der Waals surface area contributed by atoms with Crippen LogP contribution in [-0.4, -0.2) is 64.0 Å². The van der Waals surface area contributed by atoms with Gasteiger partial charge in [-0.3, -0.25) is 14.5 Å². The first kappa shape index (κ1) is 23.3. The Balaban J connectivity index is 1.25. The van der Waals surface area contributed by atoms with Crippen molar-refractivity contribution in [2.45, 2.75) is 44.9 Å². The predicted octanol–water partition coefficient (Wildman–Crippen LogP) is 3.13. The van der Waals surface area contributed by atoms with Crippen LogP contribution in [0, 0.1) is 6.92 Å². The van der Waals surface area contributed by atoms with Gasteiger partial charge in [0.15, 0.2) is 0 Å². The number of pyridine rings is 1. The van der Waals surface area contributed by atoms with Crippen molar-refractivity contribution in [1.82, 2.24) is 14.8 Å². The third-order valence-electron chi connectivity index (χ3n) is 6.94. The molecule has 182 valence electrons. The molecule has 1 saturated heterocycles. The van der Waals surface area contributed by atoms with Gasteiger partial charge in [0.1, 0.15) is 17.2 Å². The van der Waals surface area contributed by atoms with Gasteiger partial charge in [0.25, 0.3) is 0 Å². The number of para-hydroxylation sites is 1.